The molecule has 40 heavy (non-hydrogen) atoms. The third kappa shape index (κ3) is 9.12. The summed E-state index contributed by atoms with van der Waals surface area (Å²) in [5.74, 6) is 1.98. The van der Waals surface area contributed by atoms with Gasteiger partial charge < -0.3 is 35.6 Å². The summed E-state index contributed by atoms with van der Waals surface area (Å²) in [6.45, 7) is 3.36. The maximum Gasteiger partial charge on any atom is 0.271 e. The Hall–Kier alpha value is -4.38. The molecule has 4 rings (SSSR count). The normalized spacial score (nSPS) is 12.7. The molecule has 11 heteroatoms. The molecule has 2 aromatic carbocycles. The molecule has 1 fully saturated rings. The summed E-state index contributed by atoms with van der Waals surface area (Å²) in [7, 11) is 7.21. The molecule has 4 N–H and O–H groups in total. The molecule has 1 saturated heterocycles. The summed E-state index contributed by atoms with van der Waals surface area (Å²) in [5, 5.41) is 5.71. The van der Waals surface area contributed by atoms with Crippen LogP contribution >= 0.6 is 0 Å². The van der Waals surface area contributed by atoms with Crippen LogP contribution in [0.3, 0.4) is 0 Å². The van der Waals surface area contributed by atoms with Crippen molar-refractivity contribution < 1.29 is 19.1 Å². The molecule has 0 saturated carbocycles. The first-order chi connectivity index (χ1) is 19.3. The van der Waals surface area contributed by atoms with E-state index in [-0.39, 0.29) is 11.6 Å². The van der Waals surface area contributed by atoms with Gasteiger partial charge in [0.1, 0.15) is 23.9 Å². The van der Waals surface area contributed by atoms with Crippen molar-refractivity contribution in [1.82, 2.24) is 20.2 Å². The number of primary amides is 1. The molecule has 1 aliphatic rings. The number of hydrogen-bond donors (Lipinski definition) is 3. The average molecular weight is 550 g/mol. The summed E-state index contributed by atoms with van der Waals surface area (Å²) < 4.78 is 10.7. The van der Waals surface area contributed by atoms with Gasteiger partial charge >= 0.3 is 0 Å². The fourth-order valence-corrected chi connectivity index (χ4v) is 3.93. The molecule has 214 valence electrons. The smallest absolute Gasteiger partial charge is 0.271 e. The minimum atomic E-state index is -0.608. The molecule has 0 unspecified atom stereocenters. The highest BCUT2D eigenvalue weighted by molar-refractivity contribution is 5.96. The molecule has 1 aromatic heterocycles. The first-order valence-corrected chi connectivity index (χ1v) is 13.2. The zero-order valence-electron chi connectivity index (χ0n) is 23.6. The van der Waals surface area contributed by atoms with Crippen LogP contribution in [0.25, 0.3) is 0 Å². The average Bonchev–Trinajstić information content (AvgIpc) is 2.98. The maximum absolute atomic E-state index is 11.8. The number of aromatic nitrogens is 2. The second-order valence-electron chi connectivity index (χ2n) is 9.45. The number of nitrogens with zero attached hydrogens (tertiary/aromatic N) is 4. The van der Waals surface area contributed by atoms with Gasteiger partial charge in [-0.05, 0) is 81.9 Å². The van der Waals surface area contributed by atoms with Gasteiger partial charge in [0.25, 0.3) is 11.8 Å². The van der Waals surface area contributed by atoms with Crippen molar-refractivity contribution in [3.05, 3.63) is 66.0 Å². The highest BCUT2D eigenvalue weighted by atomic mass is 16.5. The minimum absolute atomic E-state index is 0.0855. The van der Waals surface area contributed by atoms with Gasteiger partial charge in [0.15, 0.2) is 11.5 Å². The number of ether oxygens (including phenoxy) is 2. The Morgan fingerprint density at radius 1 is 1.00 bits per heavy atom. The van der Waals surface area contributed by atoms with E-state index in [4.69, 9.17) is 15.2 Å². The third-order valence-electron chi connectivity index (χ3n) is 6.18. The summed E-state index contributed by atoms with van der Waals surface area (Å²) >= 11 is 0. The minimum Gasteiger partial charge on any atom is -0.497 e. The van der Waals surface area contributed by atoms with Crippen LogP contribution in [0.1, 0.15) is 40.1 Å². The number of anilines is 3. The van der Waals surface area contributed by atoms with E-state index in [9.17, 15) is 9.59 Å². The number of benzene rings is 2. The molecule has 0 aliphatic carbocycles. The van der Waals surface area contributed by atoms with Crippen LogP contribution in [0.15, 0.2) is 54.7 Å². The van der Waals surface area contributed by atoms with Crippen LogP contribution in [0.2, 0.25) is 0 Å². The van der Waals surface area contributed by atoms with E-state index < -0.39 is 5.91 Å². The van der Waals surface area contributed by atoms with E-state index >= 15 is 0 Å². The van der Waals surface area contributed by atoms with Crippen molar-refractivity contribution in [1.29, 1.82) is 0 Å². The van der Waals surface area contributed by atoms with Crippen molar-refractivity contribution in [3.63, 3.8) is 0 Å². The highest BCUT2D eigenvalue weighted by Crippen LogP contribution is 2.24. The van der Waals surface area contributed by atoms with E-state index in [1.54, 1.807) is 44.6 Å². The quantitative estimate of drug-likeness (QED) is 0.348. The number of methoxy groups -OCH3 is 1. The van der Waals surface area contributed by atoms with E-state index in [0.717, 1.165) is 55.5 Å². The monoisotopic (exact) mass is 549 g/mol. The number of carbonyl (C=O) groups is 2. The summed E-state index contributed by atoms with van der Waals surface area (Å²) in [5.41, 5.74) is 7.03. The predicted octanol–water partition coefficient (Wildman–Crippen LogP) is 3.30. The summed E-state index contributed by atoms with van der Waals surface area (Å²) in [6, 6.07) is 14.5. The van der Waals surface area contributed by atoms with Crippen molar-refractivity contribution in [3.8, 4) is 11.5 Å². The molecule has 11 nitrogen and oxygen atoms in total. The first kappa shape index (κ1) is 30.2. The van der Waals surface area contributed by atoms with E-state index in [2.05, 4.69) is 30.4 Å². The molecule has 2 heterocycles. The lowest BCUT2D eigenvalue weighted by molar-refractivity contribution is 0.0961. The number of rotatable bonds is 10. The molecule has 2 amide bonds. The fraction of sp³-hybridized carbons (Fsp3) is 0.379. The van der Waals surface area contributed by atoms with Crippen molar-refractivity contribution >= 4 is 29.1 Å². The van der Waals surface area contributed by atoms with Gasteiger partial charge in [0.2, 0.25) is 0 Å². The second kappa shape index (κ2) is 15.3. The Kier molecular flexibility index (Phi) is 11.5. The molecular weight excluding hydrogens is 510 g/mol. The first-order valence-electron chi connectivity index (χ1n) is 13.2. The third-order valence-corrected chi connectivity index (χ3v) is 6.18. The Labute approximate surface area is 235 Å². The Morgan fingerprint density at radius 3 is 2.23 bits per heavy atom. The topological polar surface area (TPSA) is 135 Å². The largest absolute Gasteiger partial charge is 0.497 e. The lowest BCUT2D eigenvalue weighted by Gasteiger charge is -2.27. The Bertz CT molecular complexity index is 1230. The number of nitrogens with two attached hydrogens (primary N) is 1. The lowest BCUT2D eigenvalue weighted by atomic mass is 10.1. The standard InChI is InChI=1S/C20H28N6O2.C9H11NO2/c1-25(2)12-13-28-16-8-6-15(7-9-16)23-20-18(19(21)27)22-14-17(24-20)26-10-4-3-5-11-26;1-10-9(11)7-3-5-8(12-2)6-4-7/h6-9,14H,3-5,10-13H2,1-2H3,(H2,21,27)(H,23,24);3-6H,1-2H3,(H,10,11). The van der Waals surface area contributed by atoms with E-state index in [1.807, 2.05) is 38.4 Å². The van der Waals surface area contributed by atoms with Gasteiger partial charge in [-0.3, -0.25) is 9.59 Å². The Morgan fingerprint density at radius 2 is 1.65 bits per heavy atom. The SMILES string of the molecule is CN(C)CCOc1ccc(Nc2nc(N3CCCCC3)cnc2C(N)=O)cc1.CNC(=O)c1ccc(OC)cc1. The molecule has 0 bridgehead atoms. The summed E-state index contributed by atoms with van der Waals surface area (Å²) in [6.07, 6.45) is 5.13. The zero-order chi connectivity index (χ0) is 28.9. The lowest BCUT2D eigenvalue weighted by Crippen LogP contribution is -2.31. The molecule has 1 aliphatic heterocycles. The maximum atomic E-state index is 11.8. The molecule has 3 aromatic rings. The van der Waals surface area contributed by atoms with Gasteiger partial charge in [-0.25, -0.2) is 9.97 Å². The van der Waals surface area contributed by atoms with Gasteiger partial charge in [-0.2, -0.15) is 0 Å². The number of piperidine rings is 1. The number of hydrogen-bond acceptors (Lipinski definition) is 9. The van der Waals surface area contributed by atoms with Crippen LogP contribution in [0.5, 0.6) is 11.5 Å². The molecular formula is C29H39N7O4. The van der Waals surface area contributed by atoms with Crippen LogP contribution in [0, 0.1) is 0 Å². The number of amides is 2. The van der Waals surface area contributed by atoms with Crippen LogP contribution in [-0.4, -0.2) is 81.2 Å². The highest BCUT2D eigenvalue weighted by Gasteiger charge is 2.18. The molecule has 0 atom stereocenters. The number of likely N-dealkylation sites (N-methyl/N-ethyl adjacent to an activating group) is 1. The zero-order valence-corrected chi connectivity index (χ0v) is 23.6. The number of nitrogens with one attached hydrogen (secondary N) is 2. The van der Waals surface area contributed by atoms with Gasteiger partial charge in [0, 0.05) is 37.9 Å². The van der Waals surface area contributed by atoms with Crippen molar-refractivity contribution in [2.75, 3.05) is 64.7 Å². The second-order valence-corrected chi connectivity index (χ2v) is 9.45. The van der Waals surface area contributed by atoms with Crippen LogP contribution < -0.4 is 30.7 Å². The summed E-state index contributed by atoms with van der Waals surface area (Å²) in [4.78, 5) is 36.0. The van der Waals surface area contributed by atoms with Crippen LogP contribution in [0.4, 0.5) is 17.3 Å². The number of carbonyl (C=O) groups excluding carboxylic acids is 2. The Balaban J connectivity index is 0.000000307. The van der Waals surface area contributed by atoms with Gasteiger partial charge in [-0.1, -0.05) is 0 Å². The van der Waals surface area contributed by atoms with E-state index in [1.165, 1.54) is 6.42 Å². The van der Waals surface area contributed by atoms with Gasteiger partial charge in [-0.15, -0.1) is 0 Å². The molecule has 0 radical (unpaired) electrons. The van der Waals surface area contributed by atoms with Crippen molar-refractivity contribution in [2.24, 2.45) is 5.73 Å². The predicted molar refractivity (Wildman–Crippen MR) is 157 cm³/mol. The fourth-order valence-electron chi connectivity index (χ4n) is 3.93. The van der Waals surface area contributed by atoms with Gasteiger partial charge in [0.05, 0.1) is 13.3 Å². The van der Waals surface area contributed by atoms with E-state index in [0.29, 0.717) is 18.0 Å². The van der Waals surface area contributed by atoms with Crippen LogP contribution in [-0.2, 0) is 0 Å². The molecule has 0 spiro atoms. The van der Waals surface area contributed by atoms with Crippen molar-refractivity contribution in [2.45, 2.75) is 19.3 Å².